The van der Waals surface area contributed by atoms with E-state index in [1.807, 2.05) is 6.07 Å². The van der Waals surface area contributed by atoms with Gasteiger partial charge < -0.3 is 19.2 Å². The minimum absolute atomic E-state index is 0.0132. The second-order valence-electron chi connectivity index (χ2n) is 6.93. The van der Waals surface area contributed by atoms with Gasteiger partial charge in [0, 0.05) is 6.04 Å². The van der Waals surface area contributed by atoms with Crippen molar-refractivity contribution in [2.24, 2.45) is 0 Å². The Bertz CT molecular complexity index is 952. The Morgan fingerprint density at radius 1 is 1.11 bits per heavy atom. The summed E-state index contributed by atoms with van der Waals surface area (Å²) in [5.74, 6) is -0.201. The Morgan fingerprint density at radius 2 is 1.86 bits per heavy atom. The monoisotopic (exact) mass is 407 g/mol. The molecule has 1 amide bonds. The highest BCUT2D eigenvalue weighted by atomic mass is 32.2. The maximum absolute atomic E-state index is 12.4. The number of fused-ring (bicyclic) bond motifs is 1. The molecule has 28 heavy (non-hydrogen) atoms. The van der Waals surface area contributed by atoms with Crippen molar-refractivity contribution in [3.05, 3.63) is 30.2 Å². The summed E-state index contributed by atoms with van der Waals surface area (Å²) in [4.78, 5) is 12.1. The lowest BCUT2D eigenvalue weighted by Gasteiger charge is -2.23. The Labute approximate surface area is 162 Å². The average Bonchev–Trinajstić information content (AvgIpc) is 3.19. The first kappa shape index (κ1) is 18.7. The largest absolute Gasteiger partial charge is 0.485 e. The Hall–Kier alpha value is -2.62. The molecule has 1 N–H and O–H groups in total. The third-order valence-electron chi connectivity index (χ3n) is 4.76. The highest BCUT2D eigenvalue weighted by molar-refractivity contribution is 7.91. The first-order valence-corrected chi connectivity index (χ1v) is 10.9. The van der Waals surface area contributed by atoms with Crippen molar-refractivity contribution in [3.63, 3.8) is 0 Å². The van der Waals surface area contributed by atoms with Crippen molar-refractivity contribution in [1.29, 1.82) is 0 Å². The second kappa shape index (κ2) is 7.78. The zero-order valence-electron chi connectivity index (χ0n) is 15.2. The van der Waals surface area contributed by atoms with Crippen molar-refractivity contribution in [1.82, 2.24) is 15.5 Å². The van der Waals surface area contributed by atoms with E-state index in [-0.39, 0.29) is 18.5 Å². The van der Waals surface area contributed by atoms with Crippen LogP contribution in [0.1, 0.15) is 44.1 Å². The molecule has 1 aliphatic heterocycles. The van der Waals surface area contributed by atoms with Crippen LogP contribution in [-0.4, -0.2) is 42.9 Å². The van der Waals surface area contributed by atoms with Gasteiger partial charge in [0.15, 0.2) is 11.5 Å². The molecule has 1 aliphatic carbocycles. The molecule has 1 saturated carbocycles. The van der Waals surface area contributed by atoms with Gasteiger partial charge in [0.2, 0.25) is 21.8 Å². The third kappa shape index (κ3) is 4.11. The first-order valence-electron chi connectivity index (χ1n) is 9.25. The van der Waals surface area contributed by atoms with Crippen LogP contribution in [0.4, 0.5) is 0 Å². The molecule has 1 aromatic heterocycles. The van der Waals surface area contributed by atoms with Crippen LogP contribution in [0.5, 0.6) is 11.5 Å². The lowest BCUT2D eigenvalue weighted by molar-refractivity contribution is -0.119. The number of amides is 1. The summed E-state index contributed by atoms with van der Waals surface area (Å²) in [7, 11) is -4.04. The van der Waals surface area contributed by atoms with Gasteiger partial charge in [0.1, 0.15) is 12.4 Å². The molecule has 10 heteroatoms. The average molecular weight is 407 g/mol. The fourth-order valence-corrected chi connectivity index (χ4v) is 4.30. The van der Waals surface area contributed by atoms with E-state index in [0.29, 0.717) is 11.5 Å². The third-order valence-corrected chi connectivity index (χ3v) is 6.10. The highest BCUT2D eigenvalue weighted by Gasteiger charge is 2.32. The van der Waals surface area contributed by atoms with Gasteiger partial charge in [0.25, 0.3) is 5.89 Å². The summed E-state index contributed by atoms with van der Waals surface area (Å²) in [5.41, 5.74) is 0. The van der Waals surface area contributed by atoms with E-state index in [2.05, 4.69) is 15.5 Å². The van der Waals surface area contributed by atoms with Gasteiger partial charge in [-0.05, 0) is 25.0 Å². The van der Waals surface area contributed by atoms with Gasteiger partial charge in [-0.1, -0.05) is 36.5 Å². The van der Waals surface area contributed by atoms with Crippen LogP contribution in [0.3, 0.4) is 0 Å². The number of aromatic nitrogens is 2. The second-order valence-corrected chi connectivity index (χ2v) is 8.80. The summed E-state index contributed by atoms with van der Waals surface area (Å²) < 4.78 is 41.5. The molecule has 150 valence electrons. The van der Waals surface area contributed by atoms with E-state index in [9.17, 15) is 13.2 Å². The number of hydrogen-bond acceptors (Lipinski definition) is 8. The topological polar surface area (TPSA) is 121 Å². The van der Waals surface area contributed by atoms with Crippen LogP contribution >= 0.6 is 0 Å². The molecule has 1 unspecified atom stereocenters. The predicted octanol–water partition coefficient (Wildman–Crippen LogP) is 1.80. The minimum atomic E-state index is -4.04. The van der Waals surface area contributed by atoms with E-state index in [1.165, 1.54) is 0 Å². The molecular formula is C18H21N3O6S. The molecular weight excluding hydrogens is 386 g/mol. The minimum Gasteiger partial charge on any atom is -0.485 e. The van der Waals surface area contributed by atoms with Crippen LogP contribution in [0.15, 0.2) is 33.9 Å². The van der Waals surface area contributed by atoms with Crippen LogP contribution in [0.2, 0.25) is 0 Å². The predicted molar refractivity (Wildman–Crippen MR) is 96.7 cm³/mol. The van der Waals surface area contributed by atoms with E-state index in [0.717, 1.165) is 32.1 Å². The van der Waals surface area contributed by atoms with Gasteiger partial charge in [-0.3, -0.25) is 4.79 Å². The Kier molecular flexibility index (Phi) is 5.21. The van der Waals surface area contributed by atoms with Crippen molar-refractivity contribution < 1.29 is 27.1 Å². The standard InChI is InChI=1S/C18H21N3O6S/c22-16(19-12-6-2-1-3-7-12)11-28(23,24)18-21-20-17(27-18)15-10-25-13-8-4-5-9-14(13)26-15/h4-5,8-9,12,15H,1-3,6-7,10-11H2,(H,19,22). The fourth-order valence-electron chi connectivity index (χ4n) is 3.37. The lowest BCUT2D eigenvalue weighted by Crippen LogP contribution is -2.39. The lowest BCUT2D eigenvalue weighted by atomic mass is 9.95. The summed E-state index contributed by atoms with van der Waals surface area (Å²) in [6, 6.07) is 7.13. The van der Waals surface area contributed by atoms with Crippen molar-refractivity contribution in [3.8, 4) is 11.5 Å². The number of benzene rings is 1. The van der Waals surface area contributed by atoms with Crippen molar-refractivity contribution >= 4 is 15.7 Å². The smallest absolute Gasteiger partial charge is 0.336 e. The van der Waals surface area contributed by atoms with Crippen molar-refractivity contribution in [2.45, 2.75) is 49.5 Å². The molecule has 4 rings (SSSR count). The maximum Gasteiger partial charge on any atom is 0.336 e. The van der Waals surface area contributed by atoms with Crippen LogP contribution in [0.25, 0.3) is 0 Å². The number of carbonyl (C=O) groups is 1. The molecule has 0 bridgehead atoms. The summed E-state index contributed by atoms with van der Waals surface area (Å²) in [6.45, 7) is 0.112. The summed E-state index contributed by atoms with van der Waals surface area (Å²) in [5, 5.41) is 9.55. The van der Waals surface area contributed by atoms with Gasteiger partial charge in [-0.25, -0.2) is 8.42 Å². The van der Waals surface area contributed by atoms with Gasteiger partial charge in [0.05, 0.1) is 0 Å². The van der Waals surface area contributed by atoms with E-state index < -0.39 is 32.8 Å². The Balaban J connectivity index is 1.41. The van der Waals surface area contributed by atoms with E-state index >= 15 is 0 Å². The molecule has 1 fully saturated rings. The molecule has 1 atom stereocenters. The number of nitrogens with one attached hydrogen (secondary N) is 1. The Morgan fingerprint density at radius 3 is 2.64 bits per heavy atom. The first-order chi connectivity index (χ1) is 13.5. The molecule has 0 radical (unpaired) electrons. The quantitative estimate of drug-likeness (QED) is 0.797. The molecule has 1 aromatic carbocycles. The number of carbonyl (C=O) groups excluding carboxylic acids is 1. The van der Waals surface area contributed by atoms with Gasteiger partial charge in [-0.2, -0.15) is 0 Å². The zero-order chi connectivity index (χ0) is 19.6. The summed E-state index contributed by atoms with van der Waals surface area (Å²) in [6.07, 6.45) is 4.25. The fraction of sp³-hybridized carbons (Fsp3) is 0.500. The van der Waals surface area contributed by atoms with Crippen LogP contribution < -0.4 is 14.8 Å². The number of nitrogens with zero attached hydrogens (tertiary/aromatic N) is 2. The molecule has 2 heterocycles. The van der Waals surface area contributed by atoms with Crippen LogP contribution in [-0.2, 0) is 14.6 Å². The van der Waals surface area contributed by atoms with E-state index in [1.54, 1.807) is 18.2 Å². The van der Waals surface area contributed by atoms with Gasteiger partial charge in [-0.15, -0.1) is 5.10 Å². The zero-order valence-corrected chi connectivity index (χ0v) is 16.0. The SMILES string of the molecule is O=C(CS(=O)(=O)c1nnc(C2COc3ccccc3O2)o1)NC1CCCCC1. The van der Waals surface area contributed by atoms with Crippen molar-refractivity contribution in [2.75, 3.05) is 12.4 Å². The number of ether oxygens (including phenoxy) is 2. The maximum atomic E-state index is 12.4. The number of rotatable bonds is 5. The molecule has 9 nitrogen and oxygen atoms in total. The number of para-hydroxylation sites is 2. The van der Waals surface area contributed by atoms with Crippen LogP contribution in [0, 0.1) is 0 Å². The molecule has 2 aromatic rings. The molecule has 2 aliphatic rings. The van der Waals surface area contributed by atoms with Gasteiger partial charge >= 0.3 is 5.22 Å². The molecule has 0 saturated heterocycles. The number of sulfone groups is 1. The van der Waals surface area contributed by atoms with E-state index in [4.69, 9.17) is 13.9 Å². The highest BCUT2D eigenvalue weighted by Crippen LogP contribution is 2.35. The normalized spacial score (nSPS) is 19.9. The molecule has 0 spiro atoms. The summed E-state index contributed by atoms with van der Waals surface area (Å²) >= 11 is 0. The number of hydrogen-bond donors (Lipinski definition) is 1.